The third kappa shape index (κ3) is 9.72. The first-order chi connectivity index (χ1) is 21.4. The Morgan fingerprint density at radius 1 is 0.867 bits per heavy atom. The van der Waals surface area contributed by atoms with Crippen LogP contribution in [0.5, 0.6) is 0 Å². The van der Waals surface area contributed by atoms with E-state index in [-0.39, 0.29) is 22.2 Å². The lowest BCUT2D eigenvalue weighted by atomic mass is 10.0. The predicted octanol–water partition coefficient (Wildman–Crippen LogP) is 8.62. The van der Waals surface area contributed by atoms with E-state index in [0.717, 1.165) is 41.1 Å². The fourth-order valence-corrected chi connectivity index (χ4v) is 4.91. The molecule has 232 valence electrons. The normalized spacial score (nSPS) is 11.7. The van der Waals surface area contributed by atoms with Gasteiger partial charge in [0, 0.05) is 16.1 Å². The third-order valence-electron chi connectivity index (χ3n) is 6.49. The van der Waals surface area contributed by atoms with Gasteiger partial charge in [0.25, 0.3) is 11.8 Å². The molecule has 0 heterocycles. The maximum atomic E-state index is 13.3. The topological polar surface area (TPSA) is 87.3 Å². The molecule has 0 spiro atoms. The number of carbonyl (C=O) groups excluding carboxylic acids is 3. The van der Waals surface area contributed by atoms with Gasteiger partial charge >= 0.3 is 6.18 Å². The monoisotopic (exact) mass is 651 g/mol. The highest BCUT2D eigenvalue weighted by atomic mass is 35.5. The van der Waals surface area contributed by atoms with Crippen LogP contribution in [0.3, 0.4) is 0 Å². The Hall–Kier alpha value is -4.54. The van der Waals surface area contributed by atoms with E-state index in [9.17, 15) is 27.6 Å². The zero-order valence-corrected chi connectivity index (χ0v) is 25.8. The van der Waals surface area contributed by atoms with Gasteiger partial charge in [0.15, 0.2) is 0 Å². The third-order valence-corrected chi connectivity index (χ3v) is 7.83. The fraction of sp³-hybridized carbons (Fsp3) is 0.147. The molecule has 0 saturated carbocycles. The molecule has 4 rings (SSSR count). The Morgan fingerprint density at radius 3 is 2.16 bits per heavy atom. The molecule has 0 fully saturated rings. The van der Waals surface area contributed by atoms with Crippen LogP contribution < -0.4 is 16.0 Å². The van der Waals surface area contributed by atoms with Crippen LogP contribution in [0.1, 0.15) is 46.8 Å². The Morgan fingerprint density at radius 2 is 1.53 bits per heavy atom. The summed E-state index contributed by atoms with van der Waals surface area (Å²) < 4.78 is 39.0. The molecule has 3 amide bonds. The summed E-state index contributed by atoms with van der Waals surface area (Å²) in [5.74, 6) is -1.26. The summed E-state index contributed by atoms with van der Waals surface area (Å²) in [4.78, 5) is 39.3. The highest BCUT2D eigenvalue weighted by molar-refractivity contribution is 8.00. The SMILES string of the molecule is CC(C)c1ccc(/C=C(\NC(=O)c2ccccc2)C(=O)Nc2ccc(SCC(=O)Nc3cc(C(F)(F)F)ccc3Cl)cc2)cc1. The number of rotatable bonds is 10. The summed E-state index contributed by atoms with van der Waals surface area (Å²) in [5, 5.41) is 7.89. The second-order valence-corrected chi connectivity index (χ2v) is 11.7. The number of thioether (sulfide) groups is 1. The molecule has 0 atom stereocenters. The van der Waals surface area contributed by atoms with E-state index in [1.54, 1.807) is 60.7 Å². The lowest BCUT2D eigenvalue weighted by Gasteiger charge is -2.13. The van der Waals surface area contributed by atoms with Gasteiger partial charge in [-0.25, -0.2) is 0 Å². The van der Waals surface area contributed by atoms with E-state index in [1.807, 2.05) is 24.3 Å². The van der Waals surface area contributed by atoms with Crippen molar-refractivity contribution in [2.24, 2.45) is 0 Å². The Balaban J connectivity index is 1.41. The molecule has 0 aliphatic carbocycles. The predicted molar refractivity (Wildman–Crippen MR) is 173 cm³/mol. The molecule has 6 nitrogen and oxygen atoms in total. The minimum Gasteiger partial charge on any atom is -0.324 e. The number of carbonyl (C=O) groups is 3. The highest BCUT2D eigenvalue weighted by Crippen LogP contribution is 2.34. The van der Waals surface area contributed by atoms with Crippen LogP contribution >= 0.6 is 23.4 Å². The number of benzene rings is 4. The van der Waals surface area contributed by atoms with Gasteiger partial charge in [-0.2, -0.15) is 13.2 Å². The number of halogens is 4. The quantitative estimate of drug-likeness (QED) is 0.118. The lowest BCUT2D eigenvalue weighted by Crippen LogP contribution is -2.30. The molecule has 0 aliphatic rings. The van der Waals surface area contributed by atoms with E-state index in [2.05, 4.69) is 29.8 Å². The molecule has 0 unspecified atom stereocenters. The second-order valence-electron chi connectivity index (χ2n) is 10.2. The van der Waals surface area contributed by atoms with Crippen molar-refractivity contribution in [1.82, 2.24) is 5.32 Å². The summed E-state index contributed by atoms with van der Waals surface area (Å²) in [6.45, 7) is 4.16. The fourth-order valence-electron chi connectivity index (χ4n) is 4.05. The van der Waals surface area contributed by atoms with E-state index in [1.165, 1.54) is 0 Å². The van der Waals surface area contributed by atoms with Crippen molar-refractivity contribution < 1.29 is 27.6 Å². The number of amides is 3. The number of anilines is 2. The number of hydrogen-bond acceptors (Lipinski definition) is 4. The molecule has 0 saturated heterocycles. The van der Waals surface area contributed by atoms with Crippen molar-refractivity contribution >= 4 is 58.5 Å². The van der Waals surface area contributed by atoms with Crippen LogP contribution in [0, 0.1) is 0 Å². The first-order valence-corrected chi connectivity index (χ1v) is 15.1. The highest BCUT2D eigenvalue weighted by Gasteiger charge is 2.31. The molecule has 0 aromatic heterocycles. The van der Waals surface area contributed by atoms with Gasteiger partial charge in [0.2, 0.25) is 5.91 Å². The molecule has 45 heavy (non-hydrogen) atoms. The van der Waals surface area contributed by atoms with Gasteiger partial charge in [-0.15, -0.1) is 11.8 Å². The van der Waals surface area contributed by atoms with Gasteiger partial charge in [-0.05, 0) is 77.7 Å². The van der Waals surface area contributed by atoms with Gasteiger partial charge in [0.05, 0.1) is 22.0 Å². The van der Waals surface area contributed by atoms with E-state index in [0.29, 0.717) is 22.1 Å². The summed E-state index contributed by atoms with van der Waals surface area (Å²) in [6, 6.07) is 25.6. The average molecular weight is 652 g/mol. The number of alkyl halides is 3. The largest absolute Gasteiger partial charge is 0.416 e. The lowest BCUT2D eigenvalue weighted by molar-refractivity contribution is -0.137. The number of nitrogens with one attached hydrogen (secondary N) is 3. The van der Waals surface area contributed by atoms with Crippen LogP contribution in [0.2, 0.25) is 5.02 Å². The zero-order valence-electron chi connectivity index (χ0n) is 24.2. The average Bonchev–Trinajstić information content (AvgIpc) is 3.01. The second kappa shape index (κ2) is 15.0. The summed E-state index contributed by atoms with van der Waals surface area (Å²) in [6.07, 6.45) is -2.97. The maximum Gasteiger partial charge on any atom is 0.416 e. The van der Waals surface area contributed by atoms with Crippen molar-refractivity contribution in [3.8, 4) is 0 Å². The Labute approximate surface area is 268 Å². The summed E-state index contributed by atoms with van der Waals surface area (Å²) in [5.41, 5.74) is 1.70. The molecule has 4 aromatic rings. The van der Waals surface area contributed by atoms with Crippen LogP contribution in [0.25, 0.3) is 6.08 Å². The standard InChI is InChI=1S/C34H29ClF3N3O3S/c1-21(2)23-10-8-22(9-11-23)18-30(41-32(43)24-6-4-3-5-7-24)33(44)39-26-13-15-27(16-14-26)45-20-31(42)40-29-19-25(34(36,37)38)12-17-28(29)35/h3-19,21H,20H2,1-2H3,(H,39,44)(H,40,42)(H,41,43)/b30-18-. The molecule has 0 radical (unpaired) electrons. The van der Waals surface area contributed by atoms with Gasteiger partial charge < -0.3 is 16.0 Å². The Bertz CT molecular complexity index is 1690. The van der Waals surface area contributed by atoms with Gasteiger partial charge in [-0.1, -0.05) is 67.9 Å². The van der Waals surface area contributed by atoms with Crippen molar-refractivity contribution in [2.75, 3.05) is 16.4 Å². The first kappa shape index (κ1) is 33.4. The summed E-state index contributed by atoms with van der Waals surface area (Å²) >= 11 is 7.11. The van der Waals surface area contributed by atoms with Crippen molar-refractivity contribution in [3.05, 3.63) is 130 Å². The van der Waals surface area contributed by atoms with E-state index < -0.39 is 29.5 Å². The molecule has 11 heteroatoms. The summed E-state index contributed by atoms with van der Waals surface area (Å²) in [7, 11) is 0. The Kier molecular flexibility index (Phi) is 11.1. The number of hydrogen-bond donors (Lipinski definition) is 3. The minimum absolute atomic E-state index is 0.0117. The molecule has 3 N–H and O–H groups in total. The van der Waals surface area contributed by atoms with Crippen LogP contribution in [-0.4, -0.2) is 23.5 Å². The molecule has 4 aromatic carbocycles. The smallest absolute Gasteiger partial charge is 0.324 e. The molecule has 0 bridgehead atoms. The minimum atomic E-state index is -4.57. The van der Waals surface area contributed by atoms with Crippen LogP contribution in [0.15, 0.2) is 108 Å². The molecular weight excluding hydrogens is 623 g/mol. The van der Waals surface area contributed by atoms with Crippen LogP contribution in [-0.2, 0) is 15.8 Å². The van der Waals surface area contributed by atoms with Crippen molar-refractivity contribution in [3.63, 3.8) is 0 Å². The van der Waals surface area contributed by atoms with Crippen molar-refractivity contribution in [2.45, 2.75) is 30.8 Å². The van der Waals surface area contributed by atoms with Gasteiger partial charge in [0.1, 0.15) is 5.70 Å². The van der Waals surface area contributed by atoms with Crippen molar-refractivity contribution in [1.29, 1.82) is 0 Å². The van der Waals surface area contributed by atoms with Gasteiger partial charge in [-0.3, -0.25) is 14.4 Å². The molecule has 0 aliphatic heterocycles. The zero-order chi connectivity index (χ0) is 32.6. The molecular formula is C34H29ClF3N3O3S. The van der Waals surface area contributed by atoms with E-state index >= 15 is 0 Å². The first-order valence-electron chi connectivity index (χ1n) is 13.8. The van der Waals surface area contributed by atoms with E-state index in [4.69, 9.17) is 11.6 Å². The maximum absolute atomic E-state index is 13.3. The van der Waals surface area contributed by atoms with Crippen LogP contribution in [0.4, 0.5) is 24.5 Å².